The van der Waals surface area contributed by atoms with Crippen LogP contribution in [0.25, 0.3) is 0 Å². The number of hydrogen-bond acceptors (Lipinski definition) is 1. The van der Waals surface area contributed by atoms with Gasteiger partial charge in [-0.05, 0) is 47.9 Å². The van der Waals surface area contributed by atoms with E-state index in [1.165, 1.54) is 16.8 Å². The lowest BCUT2D eigenvalue weighted by Gasteiger charge is -2.15. The first-order chi connectivity index (χ1) is 9.56. The molecule has 2 aromatic carbocycles. The van der Waals surface area contributed by atoms with Crippen molar-refractivity contribution in [2.75, 3.05) is 19.0 Å². The Balaban J connectivity index is 0.000000956. The van der Waals surface area contributed by atoms with Crippen LogP contribution in [0.2, 0.25) is 5.02 Å². The van der Waals surface area contributed by atoms with E-state index in [2.05, 4.69) is 65.3 Å². The summed E-state index contributed by atoms with van der Waals surface area (Å²) in [4.78, 5) is 2.11. The maximum absolute atomic E-state index is 5.90. The summed E-state index contributed by atoms with van der Waals surface area (Å²) in [6.07, 6.45) is 0.902. The third kappa shape index (κ3) is 4.84. The average molecular weight is 355 g/mol. The molecule has 3 heteroatoms. The summed E-state index contributed by atoms with van der Waals surface area (Å²) in [7, 11) is 4.10. The van der Waals surface area contributed by atoms with E-state index in [4.69, 9.17) is 11.6 Å². The molecule has 2 rings (SSSR count). The van der Waals surface area contributed by atoms with Gasteiger partial charge >= 0.3 is 0 Å². The molecule has 0 heterocycles. The molecule has 0 saturated carbocycles. The van der Waals surface area contributed by atoms with Gasteiger partial charge in [-0.25, -0.2) is 0 Å². The fourth-order valence-corrected chi connectivity index (χ4v) is 2.31. The second-order valence-electron chi connectivity index (χ2n) is 4.47. The first-order valence-corrected chi connectivity index (χ1v) is 7.93. The summed E-state index contributed by atoms with van der Waals surface area (Å²) >= 11 is 9.50. The van der Waals surface area contributed by atoms with Crippen molar-refractivity contribution in [3.8, 4) is 0 Å². The maximum atomic E-state index is 5.90. The molecule has 0 atom stereocenters. The molecule has 0 aromatic heterocycles. The van der Waals surface area contributed by atoms with E-state index in [-0.39, 0.29) is 0 Å². The van der Waals surface area contributed by atoms with E-state index in [0.717, 1.165) is 15.9 Å². The van der Waals surface area contributed by atoms with E-state index >= 15 is 0 Å². The Morgan fingerprint density at radius 1 is 1.00 bits per heavy atom. The second-order valence-corrected chi connectivity index (χ2v) is 5.76. The lowest BCUT2D eigenvalue weighted by atomic mass is 10.0. The Morgan fingerprint density at radius 2 is 1.60 bits per heavy atom. The van der Waals surface area contributed by atoms with Crippen LogP contribution in [0.1, 0.15) is 25.0 Å². The number of hydrogen-bond donors (Lipinski definition) is 0. The van der Waals surface area contributed by atoms with Crippen molar-refractivity contribution in [3.05, 3.63) is 63.1 Å². The minimum atomic E-state index is 0.778. The SMILES string of the molecule is CC.CN(C)c1ccc(Br)c(Cc2ccc(Cl)cc2)c1. The van der Waals surface area contributed by atoms with Crippen molar-refractivity contribution < 1.29 is 0 Å². The molecule has 0 aliphatic rings. The Hall–Kier alpha value is -0.990. The normalized spacial score (nSPS) is 9.70. The van der Waals surface area contributed by atoms with Crippen LogP contribution in [-0.2, 0) is 6.42 Å². The highest BCUT2D eigenvalue weighted by molar-refractivity contribution is 9.10. The van der Waals surface area contributed by atoms with Crippen LogP contribution in [-0.4, -0.2) is 14.1 Å². The van der Waals surface area contributed by atoms with Crippen molar-refractivity contribution >= 4 is 33.2 Å². The molecule has 0 N–H and O–H groups in total. The van der Waals surface area contributed by atoms with E-state index < -0.39 is 0 Å². The molecule has 0 aliphatic heterocycles. The number of rotatable bonds is 3. The van der Waals surface area contributed by atoms with Crippen molar-refractivity contribution in [1.29, 1.82) is 0 Å². The molecule has 0 bridgehead atoms. The number of benzene rings is 2. The van der Waals surface area contributed by atoms with Crippen LogP contribution in [0.3, 0.4) is 0 Å². The lowest BCUT2D eigenvalue weighted by Crippen LogP contribution is -2.08. The molecule has 0 spiro atoms. The van der Waals surface area contributed by atoms with E-state index in [9.17, 15) is 0 Å². The van der Waals surface area contributed by atoms with Gasteiger partial charge in [0.15, 0.2) is 0 Å². The zero-order valence-electron chi connectivity index (χ0n) is 12.5. The van der Waals surface area contributed by atoms with Gasteiger partial charge in [-0.15, -0.1) is 0 Å². The minimum Gasteiger partial charge on any atom is -0.378 e. The highest BCUT2D eigenvalue weighted by Crippen LogP contribution is 2.25. The smallest absolute Gasteiger partial charge is 0.0406 e. The van der Waals surface area contributed by atoms with Crippen molar-refractivity contribution in [2.45, 2.75) is 20.3 Å². The van der Waals surface area contributed by atoms with Crippen molar-refractivity contribution in [1.82, 2.24) is 0 Å². The highest BCUT2D eigenvalue weighted by Gasteiger charge is 2.04. The maximum Gasteiger partial charge on any atom is 0.0406 e. The van der Waals surface area contributed by atoms with Gasteiger partial charge in [0.25, 0.3) is 0 Å². The quantitative estimate of drug-likeness (QED) is 0.674. The summed E-state index contributed by atoms with van der Waals surface area (Å²) in [5, 5.41) is 0.778. The molecule has 108 valence electrons. The third-order valence-corrected chi connectivity index (χ3v) is 3.88. The summed E-state index contributed by atoms with van der Waals surface area (Å²) in [5.74, 6) is 0. The van der Waals surface area contributed by atoms with Crippen LogP contribution in [0.15, 0.2) is 46.9 Å². The molecule has 0 fully saturated rings. The van der Waals surface area contributed by atoms with Gasteiger partial charge in [0.05, 0.1) is 0 Å². The third-order valence-electron chi connectivity index (χ3n) is 2.85. The van der Waals surface area contributed by atoms with Crippen LogP contribution in [0.4, 0.5) is 5.69 Å². The Kier molecular flexibility index (Phi) is 7.11. The predicted octanol–water partition coefficient (Wildman–Crippen LogP) is 5.79. The zero-order chi connectivity index (χ0) is 15.1. The number of anilines is 1. The molecule has 0 aliphatic carbocycles. The second kappa shape index (κ2) is 8.33. The highest BCUT2D eigenvalue weighted by atomic mass is 79.9. The Morgan fingerprint density at radius 3 is 2.15 bits per heavy atom. The van der Waals surface area contributed by atoms with Crippen LogP contribution in [0.5, 0.6) is 0 Å². The summed E-state index contributed by atoms with van der Waals surface area (Å²) < 4.78 is 1.14. The molecule has 20 heavy (non-hydrogen) atoms. The molecule has 1 nitrogen and oxygen atoms in total. The molecule has 0 radical (unpaired) electrons. The van der Waals surface area contributed by atoms with Crippen molar-refractivity contribution in [3.63, 3.8) is 0 Å². The fourth-order valence-electron chi connectivity index (χ4n) is 1.80. The Labute approximate surface area is 135 Å². The van der Waals surface area contributed by atoms with Gasteiger partial charge in [-0.2, -0.15) is 0 Å². The van der Waals surface area contributed by atoms with E-state index in [1.807, 2.05) is 26.0 Å². The standard InChI is InChI=1S/C15H15BrClN.C2H6/c1-18(2)14-7-8-15(16)12(10-14)9-11-3-5-13(17)6-4-11;1-2/h3-8,10H,9H2,1-2H3;1-2H3. The lowest BCUT2D eigenvalue weighted by molar-refractivity contribution is 1.11. The molecule has 0 amide bonds. The minimum absolute atomic E-state index is 0.778. The van der Waals surface area contributed by atoms with E-state index in [1.54, 1.807) is 0 Å². The monoisotopic (exact) mass is 353 g/mol. The zero-order valence-corrected chi connectivity index (χ0v) is 14.8. The van der Waals surface area contributed by atoms with Gasteiger partial charge in [-0.1, -0.05) is 53.5 Å². The molecule has 0 unspecified atom stereocenters. The number of nitrogens with zero attached hydrogens (tertiary/aromatic N) is 1. The predicted molar refractivity (Wildman–Crippen MR) is 94.1 cm³/mol. The largest absolute Gasteiger partial charge is 0.378 e. The van der Waals surface area contributed by atoms with Gasteiger partial charge in [0.2, 0.25) is 0 Å². The molecular formula is C17H21BrClN. The topological polar surface area (TPSA) is 3.24 Å². The summed E-state index contributed by atoms with van der Waals surface area (Å²) in [6.45, 7) is 4.00. The van der Waals surface area contributed by atoms with Gasteiger partial charge in [-0.3, -0.25) is 0 Å². The first kappa shape index (κ1) is 17.1. The van der Waals surface area contributed by atoms with Crippen LogP contribution >= 0.6 is 27.5 Å². The van der Waals surface area contributed by atoms with Crippen LogP contribution in [0, 0.1) is 0 Å². The Bertz CT molecular complexity index is 535. The first-order valence-electron chi connectivity index (χ1n) is 6.76. The average Bonchev–Trinajstić information content (AvgIpc) is 2.45. The van der Waals surface area contributed by atoms with E-state index in [0.29, 0.717) is 0 Å². The molecular weight excluding hydrogens is 334 g/mol. The van der Waals surface area contributed by atoms with Gasteiger partial charge in [0, 0.05) is 29.3 Å². The summed E-state index contributed by atoms with van der Waals surface area (Å²) in [6, 6.07) is 14.4. The number of halogens is 2. The molecule has 0 saturated heterocycles. The molecule has 2 aromatic rings. The van der Waals surface area contributed by atoms with Crippen molar-refractivity contribution in [2.24, 2.45) is 0 Å². The van der Waals surface area contributed by atoms with Gasteiger partial charge < -0.3 is 4.90 Å². The summed E-state index contributed by atoms with van der Waals surface area (Å²) in [5.41, 5.74) is 3.75. The fraction of sp³-hybridized carbons (Fsp3) is 0.294. The van der Waals surface area contributed by atoms with Gasteiger partial charge in [0.1, 0.15) is 0 Å². The van der Waals surface area contributed by atoms with Crippen LogP contribution < -0.4 is 4.90 Å².